The predicted octanol–water partition coefficient (Wildman–Crippen LogP) is 3.72. The summed E-state index contributed by atoms with van der Waals surface area (Å²) in [6.07, 6.45) is 2.27. The number of likely N-dealkylation sites (tertiary alicyclic amines) is 1. The van der Waals surface area contributed by atoms with Gasteiger partial charge in [-0.15, -0.1) is 0 Å². The Morgan fingerprint density at radius 3 is 2.55 bits per heavy atom. The maximum Gasteiger partial charge on any atom is 0.173 e. The summed E-state index contributed by atoms with van der Waals surface area (Å²) >= 11 is 17.4. The van der Waals surface area contributed by atoms with Crippen LogP contribution in [0, 0.1) is 0 Å². The Morgan fingerprint density at radius 2 is 1.95 bits per heavy atom. The molecule has 110 valence electrons. The van der Waals surface area contributed by atoms with Crippen LogP contribution in [0.4, 0.5) is 5.69 Å². The minimum absolute atomic E-state index is 0.494. The van der Waals surface area contributed by atoms with Crippen molar-refractivity contribution in [1.29, 1.82) is 0 Å². The molecule has 2 rings (SSSR count). The van der Waals surface area contributed by atoms with Gasteiger partial charge in [-0.25, -0.2) is 0 Å². The van der Waals surface area contributed by atoms with Gasteiger partial charge >= 0.3 is 0 Å². The fourth-order valence-corrected chi connectivity index (χ4v) is 2.90. The van der Waals surface area contributed by atoms with Gasteiger partial charge in [0.05, 0.1) is 10.0 Å². The second-order valence-electron chi connectivity index (χ2n) is 5.20. The molecule has 20 heavy (non-hydrogen) atoms. The molecule has 0 aromatic heterocycles. The van der Waals surface area contributed by atoms with E-state index < -0.39 is 0 Å². The van der Waals surface area contributed by atoms with Crippen molar-refractivity contribution in [3.63, 3.8) is 0 Å². The highest BCUT2D eigenvalue weighted by molar-refractivity contribution is 7.80. The standard InChI is InChI=1S/C14H19Cl2N3S/c1-18-7-5-11(6-8-18)19(2)14(20)17-10-3-4-12(15)13(16)9-10/h3-4,9,11H,5-8H2,1-2H3,(H,17,20). The summed E-state index contributed by atoms with van der Waals surface area (Å²) in [4.78, 5) is 4.49. The summed E-state index contributed by atoms with van der Waals surface area (Å²) in [6.45, 7) is 2.23. The normalized spacial score (nSPS) is 17.0. The summed E-state index contributed by atoms with van der Waals surface area (Å²) in [5.74, 6) is 0. The first-order valence-electron chi connectivity index (χ1n) is 6.65. The van der Waals surface area contributed by atoms with E-state index in [1.54, 1.807) is 12.1 Å². The number of thiocarbonyl (C=S) groups is 1. The van der Waals surface area contributed by atoms with Crippen LogP contribution in [0.15, 0.2) is 18.2 Å². The van der Waals surface area contributed by atoms with Crippen LogP contribution in [0.5, 0.6) is 0 Å². The lowest BCUT2D eigenvalue weighted by Crippen LogP contribution is -2.45. The Kier molecular flexibility index (Phi) is 5.49. The second kappa shape index (κ2) is 6.94. The van der Waals surface area contributed by atoms with Crippen molar-refractivity contribution < 1.29 is 0 Å². The highest BCUT2D eigenvalue weighted by atomic mass is 35.5. The fraction of sp³-hybridized carbons (Fsp3) is 0.500. The molecule has 0 radical (unpaired) electrons. The summed E-state index contributed by atoms with van der Waals surface area (Å²) in [5.41, 5.74) is 0.865. The van der Waals surface area contributed by atoms with Gasteiger partial charge in [0.25, 0.3) is 0 Å². The summed E-state index contributed by atoms with van der Waals surface area (Å²) < 4.78 is 0. The molecule has 1 aromatic carbocycles. The van der Waals surface area contributed by atoms with Crippen molar-refractivity contribution in [2.45, 2.75) is 18.9 Å². The first-order chi connectivity index (χ1) is 9.47. The third kappa shape index (κ3) is 3.98. The third-order valence-electron chi connectivity index (χ3n) is 3.73. The summed E-state index contributed by atoms with van der Waals surface area (Å²) in [5, 5.41) is 5.02. The number of nitrogens with zero attached hydrogens (tertiary/aromatic N) is 2. The molecule has 1 aromatic rings. The molecule has 0 saturated carbocycles. The van der Waals surface area contributed by atoms with Gasteiger partial charge in [-0.05, 0) is 63.4 Å². The minimum Gasteiger partial charge on any atom is -0.349 e. The Labute approximate surface area is 135 Å². The maximum atomic E-state index is 6.01. The number of anilines is 1. The molecule has 0 atom stereocenters. The van der Waals surface area contributed by atoms with E-state index in [0.29, 0.717) is 16.1 Å². The number of benzene rings is 1. The molecule has 0 spiro atoms. The van der Waals surface area contributed by atoms with Crippen LogP contribution >= 0.6 is 35.4 Å². The largest absolute Gasteiger partial charge is 0.349 e. The Bertz CT molecular complexity index is 487. The molecule has 6 heteroatoms. The molecule has 1 aliphatic rings. The van der Waals surface area contributed by atoms with Gasteiger partial charge in [0.2, 0.25) is 0 Å². The van der Waals surface area contributed by atoms with Crippen LogP contribution < -0.4 is 5.32 Å². The van der Waals surface area contributed by atoms with Crippen LogP contribution in [0.1, 0.15) is 12.8 Å². The highest BCUT2D eigenvalue weighted by Crippen LogP contribution is 2.25. The number of rotatable bonds is 2. The number of hydrogen-bond acceptors (Lipinski definition) is 2. The molecule has 0 amide bonds. The van der Waals surface area contributed by atoms with Crippen molar-refractivity contribution in [2.75, 3.05) is 32.5 Å². The van der Waals surface area contributed by atoms with Gasteiger partial charge in [0, 0.05) is 18.8 Å². The van der Waals surface area contributed by atoms with E-state index in [9.17, 15) is 0 Å². The van der Waals surface area contributed by atoms with Crippen LogP contribution in [0.2, 0.25) is 10.0 Å². The van der Waals surface area contributed by atoms with Gasteiger partial charge in [0.1, 0.15) is 0 Å². The zero-order valence-corrected chi connectivity index (χ0v) is 14.0. The monoisotopic (exact) mass is 331 g/mol. The molecule has 3 nitrogen and oxygen atoms in total. The van der Waals surface area contributed by atoms with Crippen molar-refractivity contribution in [3.8, 4) is 0 Å². The van der Waals surface area contributed by atoms with E-state index in [1.807, 2.05) is 13.1 Å². The van der Waals surface area contributed by atoms with E-state index >= 15 is 0 Å². The highest BCUT2D eigenvalue weighted by Gasteiger charge is 2.22. The lowest BCUT2D eigenvalue weighted by molar-refractivity contribution is 0.193. The fourth-order valence-electron chi connectivity index (χ4n) is 2.33. The molecule has 0 bridgehead atoms. The molecule has 1 N–H and O–H groups in total. The van der Waals surface area contributed by atoms with Crippen molar-refractivity contribution >= 4 is 46.2 Å². The van der Waals surface area contributed by atoms with Gasteiger partial charge < -0.3 is 15.1 Å². The number of hydrogen-bond donors (Lipinski definition) is 1. The van der Waals surface area contributed by atoms with E-state index in [2.05, 4.69) is 22.2 Å². The number of nitrogens with one attached hydrogen (secondary N) is 1. The van der Waals surface area contributed by atoms with Crippen molar-refractivity contribution in [1.82, 2.24) is 9.80 Å². The molecular formula is C14H19Cl2N3S. The predicted molar refractivity (Wildman–Crippen MR) is 91.0 cm³/mol. The smallest absolute Gasteiger partial charge is 0.173 e. The Hall–Kier alpha value is -0.550. The minimum atomic E-state index is 0.494. The van der Waals surface area contributed by atoms with E-state index in [0.717, 1.165) is 36.7 Å². The van der Waals surface area contributed by atoms with Crippen LogP contribution in [-0.4, -0.2) is 48.1 Å². The van der Waals surface area contributed by atoms with E-state index in [4.69, 9.17) is 35.4 Å². The van der Waals surface area contributed by atoms with Crippen molar-refractivity contribution in [2.24, 2.45) is 0 Å². The lowest BCUT2D eigenvalue weighted by Gasteiger charge is -2.36. The first-order valence-corrected chi connectivity index (χ1v) is 7.81. The van der Waals surface area contributed by atoms with Gasteiger partial charge in [-0.1, -0.05) is 23.2 Å². The molecule has 1 heterocycles. The Morgan fingerprint density at radius 1 is 1.30 bits per heavy atom. The average Bonchev–Trinajstić information content (AvgIpc) is 2.43. The molecule has 1 saturated heterocycles. The summed E-state index contributed by atoms with van der Waals surface area (Å²) in [7, 11) is 4.20. The lowest BCUT2D eigenvalue weighted by atomic mass is 10.0. The zero-order valence-electron chi connectivity index (χ0n) is 11.7. The van der Waals surface area contributed by atoms with Gasteiger partial charge in [-0.3, -0.25) is 0 Å². The second-order valence-corrected chi connectivity index (χ2v) is 6.41. The van der Waals surface area contributed by atoms with Crippen LogP contribution in [0.3, 0.4) is 0 Å². The zero-order chi connectivity index (χ0) is 14.7. The molecule has 0 unspecified atom stereocenters. The SMILES string of the molecule is CN1CCC(N(C)C(=S)Nc2ccc(Cl)c(Cl)c2)CC1. The number of piperidine rings is 1. The van der Waals surface area contributed by atoms with Gasteiger partial charge in [0.15, 0.2) is 5.11 Å². The summed E-state index contributed by atoms with van der Waals surface area (Å²) in [6, 6.07) is 5.93. The van der Waals surface area contributed by atoms with Crippen molar-refractivity contribution in [3.05, 3.63) is 28.2 Å². The third-order valence-corrected chi connectivity index (χ3v) is 4.86. The molecule has 1 fully saturated rings. The average molecular weight is 332 g/mol. The van der Waals surface area contributed by atoms with Gasteiger partial charge in [-0.2, -0.15) is 0 Å². The van der Waals surface area contributed by atoms with Crippen LogP contribution in [0.25, 0.3) is 0 Å². The topological polar surface area (TPSA) is 18.5 Å². The molecule has 1 aliphatic heterocycles. The number of halogens is 2. The van der Waals surface area contributed by atoms with E-state index in [1.165, 1.54) is 0 Å². The molecular weight excluding hydrogens is 313 g/mol. The Balaban J connectivity index is 1.95. The molecule has 0 aliphatic carbocycles. The van der Waals surface area contributed by atoms with E-state index in [-0.39, 0.29) is 0 Å². The van der Waals surface area contributed by atoms with Crippen LogP contribution in [-0.2, 0) is 0 Å². The first kappa shape index (κ1) is 15.8. The maximum absolute atomic E-state index is 6.01. The quantitative estimate of drug-likeness (QED) is 0.832.